The monoisotopic (exact) mass is 301 g/mol. The standard InChI is InChI=1S/C11H12ClN3O5/c12-4-2-15(7-1-5(17)6(3-16)20-7)9-8(4)10(18)14-11(19)13-9/h2,5-7,16-17H,1,3H2,(H2,13,14,18,19)/t5-,6+,7+/m0/s1. The van der Waals surface area contributed by atoms with Crippen LogP contribution in [0, 0.1) is 0 Å². The van der Waals surface area contributed by atoms with Crippen LogP contribution in [0.15, 0.2) is 15.8 Å². The summed E-state index contributed by atoms with van der Waals surface area (Å²) < 4.78 is 6.96. The van der Waals surface area contributed by atoms with Crippen molar-refractivity contribution in [2.75, 3.05) is 6.61 Å². The molecule has 0 unspecified atom stereocenters. The number of hydrogen-bond donors (Lipinski definition) is 4. The van der Waals surface area contributed by atoms with E-state index in [1.807, 2.05) is 0 Å². The zero-order valence-electron chi connectivity index (χ0n) is 10.2. The van der Waals surface area contributed by atoms with Crippen molar-refractivity contribution in [2.24, 2.45) is 0 Å². The van der Waals surface area contributed by atoms with Gasteiger partial charge in [0.1, 0.15) is 23.4 Å². The number of aliphatic hydroxyl groups is 2. The molecule has 0 amide bonds. The Kier molecular flexibility index (Phi) is 3.17. The Morgan fingerprint density at radius 2 is 2.20 bits per heavy atom. The molecule has 0 bridgehead atoms. The summed E-state index contributed by atoms with van der Waals surface area (Å²) in [6.07, 6.45) is -0.469. The summed E-state index contributed by atoms with van der Waals surface area (Å²) in [7, 11) is 0. The van der Waals surface area contributed by atoms with E-state index in [4.69, 9.17) is 21.4 Å². The summed E-state index contributed by atoms with van der Waals surface area (Å²) in [5, 5.41) is 19.1. The fourth-order valence-corrected chi connectivity index (χ4v) is 2.70. The van der Waals surface area contributed by atoms with Crippen molar-refractivity contribution in [3.8, 4) is 0 Å². The van der Waals surface area contributed by atoms with E-state index in [9.17, 15) is 14.7 Å². The van der Waals surface area contributed by atoms with Gasteiger partial charge in [-0.1, -0.05) is 11.6 Å². The van der Waals surface area contributed by atoms with Crippen molar-refractivity contribution in [3.05, 3.63) is 32.1 Å². The van der Waals surface area contributed by atoms with Crippen LogP contribution in [0.2, 0.25) is 5.02 Å². The van der Waals surface area contributed by atoms with Gasteiger partial charge in [0.25, 0.3) is 5.56 Å². The van der Waals surface area contributed by atoms with Crippen molar-refractivity contribution in [3.63, 3.8) is 0 Å². The van der Waals surface area contributed by atoms with Gasteiger partial charge in [0.2, 0.25) is 0 Å². The van der Waals surface area contributed by atoms with Crippen molar-refractivity contribution in [2.45, 2.75) is 24.9 Å². The Hall–Kier alpha value is -1.61. The molecular weight excluding hydrogens is 290 g/mol. The molecular formula is C11H12ClN3O5. The third-order valence-corrected chi connectivity index (χ3v) is 3.65. The van der Waals surface area contributed by atoms with Crippen LogP contribution >= 0.6 is 11.6 Å². The van der Waals surface area contributed by atoms with E-state index < -0.39 is 29.7 Å². The summed E-state index contributed by atoms with van der Waals surface area (Å²) in [4.78, 5) is 27.7. The minimum absolute atomic E-state index is 0.150. The normalized spacial score (nSPS) is 26.4. The van der Waals surface area contributed by atoms with E-state index in [2.05, 4.69) is 9.97 Å². The molecule has 108 valence electrons. The molecule has 0 spiro atoms. The van der Waals surface area contributed by atoms with Crippen LogP contribution in [0.1, 0.15) is 12.6 Å². The molecule has 2 aromatic heterocycles. The van der Waals surface area contributed by atoms with Gasteiger partial charge in [-0.25, -0.2) is 4.79 Å². The maximum absolute atomic E-state index is 11.7. The van der Waals surface area contributed by atoms with Gasteiger partial charge in [-0.3, -0.25) is 14.8 Å². The quantitative estimate of drug-likeness (QED) is 0.585. The third kappa shape index (κ3) is 1.97. The molecule has 8 nitrogen and oxygen atoms in total. The lowest BCUT2D eigenvalue weighted by Gasteiger charge is -2.14. The fourth-order valence-electron chi connectivity index (χ4n) is 2.42. The van der Waals surface area contributed by atoms with Gasteiger partial charge in [-0.15, -0.1) is 0 Å². The highest BCUT2D eigenvalue weighted by Gasteiger charge is 2.35. The smallest absolute Gasteiger partial charge is 0.327 e. The number of hydrogen-bond acceptors (Lipinski definition) is 5. The van der Waals surface area contributed by atoms with Crippen LogP contribution in [-0.2, 0) is 4.74 Å². The third-order valence-electron chi connectivity index (χ3n) is 3.37. The molecule has 1 fully saturated rings. The van der Waals surface area contributed by atoms with Crippen molar-refractivity contribution in [1.82, 2.24) is 14.5 Å². The topological polar surface area (TPSA) is 120 Å². The minimum atomic E-state index is -0.824. The van der Waals surface area contributed by atoms with Gasteiger partial charge >= 0.3 is 5.69 Å². The molecule has 2 aromatic rings. The lowest BCUT2D eigenvalue weighted by atomic mass is 10.2. The van der Waals surface area contributed by atoms with Crippen LogP contribution in [-0.4, -0.2) is 43.6 Å². The molecule has 0 aliphatic carbocycles. The lowest BCUT2D eigenvalue weighted by Crippen LogP contribution is -2.24. The number of aromatic amines is 2. The van der Waals surface area contributed by atoms with Crippen molar-refractivity contribution in [1.29, 1.82) is 0 Å². The molecule has 1 aliphatic rings. The average molecular weight is 302 g/mol. The zero-order chi connectivity index (χ0) is 14.4. The van der Waals surface area contributed by atoms with E-state index in [1.165, 1.54) is 10.8 Å². The summed E-state index contributed by atoms with van der Waals surface area (Å²) in [6.45, 7) is -0.318. The minimum Gasteiger partial charge on any atom is -0.394 e. The summed E-state index contributed by atoms with van der Waals surface area (Å²) in [6, 6.07) is 0. The van der Waals surface area contributed by atoms with Gasteiger partial charge in [-0.2, -0.15) is 0 Å². The first-order chi connectivity index (χ1) is 9.51. The highest BCUT2D eigenvalue weighted by molar-refractivity contribution is 6.35. The van der Waals surface area contributed by atoms with Crippen molar-refractivity contribution < 1.29 is 14.9 Å². The van der Waals surface area contributed by atoms with Crippen molar-refractivity contribution >= 4 is 22.6 Å². The van der Waals surface area contributed by atoms with Crippen LogP contribution < -0.4 is 11.2 Å². The molecule has 0 radical (unpaired) electrons. The maximum Gasteiger partial charge on any atom is 0.327 e. The molecule has 20 heavy (non-hydrogen) atoms. The van der Waals surface area contributed by atoms with Gasteiger partial charge < -0.3 is 19.5 Å². The second-order valence-electron chi connectivity index (χ2n) is 4.63. The van der Waals surface area contributed by atoms with Crippen LogP contribution in [0.4, 0.5) is 0 Å². The highest BCUT2D eigenvalue weighted by atomic mass is 35.5. The number of aromatic nitrogens is 3. The van der Waals surface area contributed by atoms with Gasteiger partial charge in [0.15, 0.2) is 0 Å². The molecule has 1 saturated heterocycles. The number of fused-ring (bicyclic) bond motifs is 1. The first-order valence-electron chi connectivity index (χ1n) is 5.98. The second-order valence-corrected chi connectivity index (χ2v) is 5.04. The van der Waals surface area contributed by atoms with Gasteiger partial charge in [0, 0.05) is 12.6 Å². The van der Waals surface area contributed by atoms with E-state index in [-0.39, 0.29) is 29.1 Å². The SMILES string of the molecule is O=c1[nH]c(=O)c2c(Cl)cn([C@H]3C[C@H](O)[C@@H](CO)O3)c2[nH]1. The molecule has 3 rings (SSSR count). The highest BCUT2D eigenvalue weighted by Crippen LogP contribution is 2.32. The van der Waals surface area contributed by atoms with Crippen LogP contribution in [0.25, 0.3) is 11.0 Å². The van der Waals surface area contributed by atoms with Gasteiger partial charge in [0.05, 0.1) is 17.7 Å². The largest absolute Gasteiger partial charge is 0.394 e. The Labute approximate surface area is 116 Å². The average Bonchev–Trinajstić information content (AvgIpc) is 2.90. The first-order valence-corrected chi connectivity index (χ1v) is 6.36. The lowest BCUT2D eigenvalue weighted by molar-refractivity contribution is -0.0430. The summed E-state index contributed by atoms with van der Waals surface area (Å²) >= 11 is 5.99. The number of aliphatic hydroxyl groups excluding tert-OH is 2. The molecule has 3 heterocycles. The molecule has 3 atom stereocenters. The number of nitrogens with zero attached hydrogens (tertiary/aromatic N) is 1. The number of ether oxygens (including phenoxy) is 1. The van der Waals surface area contributed by atoms with E-state index >= 15 is 0 Å². The van der Waals surface area contributed by atoms with Crippen LogP contribution in [0.3, 0.4) is 0 Å². The second kappa shape index (κ2) is 4.74. The molecule has 1 aliphatic heterocycles. The van der Waals surface area contributed by atoms with E-state index in [1.54, 1.807) is 0 Å². The Bertz CT molecular complexity index is 763. The number of H-pyrrole nitrogens is 2. The molecule has 9 heteroatoms. The Morgan fingerprint density at radius 3 is 2.85 bits per heavy atom. The summed E-state index contributed by atoms with van der Waals surface area (Å²) in [5.74, 6) is 0. The predicted octanol–water partition coefficient (Wildman–Crippen LogP) is -0.688. The molecule has 4 N–H and O–H groups in total. The first kappa shape index (κ1) is 13.4. The van der Waals surface area contributed by atoms with Crippen LogP contribution in [0.5, 0.6) is 0 Å². The summed E-state index contributed by atoms with van der Waals surface area (Å²) in [5.41, 5.74) is -1.03. The van der Waals surface area contributed by atoms with Gasteiger partial charge in [-0.05, 0) is 0 Å². The fraction of sp³-hybridized carbons (Fsp3) is 0.455. The number of halogens is 1. The Balaban J connectivity index is 2.14. The zero-order valence-corrected chi connectivity index (χ0v) is 10.9. The van der Waals surface area contributed by atoms with E-state index in [0.717, 1.165) is 0 Å². The van der Waals surface area contributed by atoms with E-state index in [0.29, 0.717) is 0 Å². The number of rotatable bonds is 2. The molecule has 0 saturated carbocycles. The molecule has 0 aromatic carbocycles. The predicted molar refractivity (Wildman–Crippen MR) is 69.8 cm³/mol. The maximum atomic E-state index is 11.7. The Morgan fingerprint density at radius 1 is 1.45 bits per heavy atom. The number of nitrogens with one attached hydrogen (secondary N) is 2.